The van der Waals surface area contributed by atoms with Crippen molar-refractivity contribution in [1.29, 1.82) is 0 Å². The summed E-state index contributed by atoms with van der Waals surface area (Å²) in [4.78, 5) is 11.0. The van der Waals surface area contributed by atoms with E-state index in [2.05, 4.69) is 58.4 Å². The zero-order valence-electron chi connectivity index (χ0n) is 13.8. The molecule has 1 aromatic heterocycles. The van der Waals surface area contributed by atoms with Gasteiger partial charge in [0.1, 0.15) is 0 Å². The second-order valence-electron chi connectivity index (χ2n) is 5.49. The molecule has 0 aliphatic carbocycles. The number of para-hydroxylation sites is 1. The van der Waals surface area contributed by atoms with Crippen molar-refractivity contribution in [3.05, 3.63) is 42.1 Å². The van der Waals surface area contributed by atoms with Gasteiger partial charge in [-0.25, -0.2) is 0 Å². The van der Waals surface area contributed by atoms with E-state index in [1.54, 1.807) is 0 Å². The molecular formula is C18H26N4. The Kier molecular flexibility index (Phi) is 6.19. The van der Waals surface area contributed by atoms with Crippen molar-refractivity contribution in [1.82, 2.24) is 15.2 Å². The van der Waals surface area contributed by atoms with Gasteiger partial charge in [-0.15, -0.1) is 0 Å². The van der Waals surface area contributed by atoms with Crippen LogP contribution in [-0.2, 0) is 6.42 Å². The highest BCUT2D eigenvalue weighted by Crippen LogP contribution is 2.15. The standard InChI is InChI=1S/C18H26N4/c1-4-5-14-22(3)18(19-2)21-13-11-16-9-6-8-15-10-7-12-20-17(15)16/h6-10,12H,4-5,11,13-14H2,1-3H3,(H,19,21). The Morgan fingerprint density at radius 3 is 2.86 bits per heavy atom. The van der Waals surface area contributed by atoms with Crippen LogP contribution in [0.15, 0.2) is 41.5 Å². The second-order valence-corrected chi connectivity index (χ2v) is 5.49. The van der Waals surface area contributed by atoms with Crippen LogP contribution in [0.4, 0.5) is 0 Å². The highest BCUT2D eigenvalue weighted by molar-refractivity contribution is 5.82. The minimum absolute atomic E-state index is 0.860. The average molecular weight is 298 g/mol. The fourth-order valence-electron chi connectivity index (χ4n) is 2.56. The van der Waals surface area contributed by atoms with E-state index in [0.717, 1.165) is 31.0 Å². The molecule has 0 aliphatic rings. The lowest BCUT2D eigenvalue weighted by atomic mass is 10.1. The maximum absolute atomic E-state index is 4.51. The van der Waals surface area contributed by atoms with Crippen molar-refractivity contribution in [2.24, 2.45) is 4.99 Å². The van der Waals surface area contributed by atoms with Crippen LogP contribution in [0.2, 0.25) is 0 Å². The Bertz CT molecular complexity index is 616. The number of nitrogens with zero attached hydrogens (tertiary/aromatic N) is 3. The predicted molar refractivity (Wildman–Crippen MR) is 94.3 cm³/mol. The van der Waals surface area contributed by atoms with E-state index < -0.39 is 0 Å². The fourth-order valence-corrected chi connectivity index (χ4v) is 2.56. The van der Waals surface area contributed by atoms with Gasteiger partial charge in [0.05, 0.1) is 5.52 Å². The van der Waals surface area contributed by atoms with E-state index in [1.807, 2.05) is 19.3 Å². The van der Waals surface area contributed by atoms with Crippen molar-refractivity contribution in [2.45, 2.75) is 26.2 Å². The number of fused-ring (bicyclic) bond motifs is 1. The molecule has 0 saturated heterocycles. The number of benzene rings is 1. The zero-order chi connectivity index (χ0) is 15.8. The largest absolute Gasteiger partial charge is 0.356 e. The molecular weight excluding hydrogens is 272 g/mol. The minimum atomic E-state index is 0.860. The Morgan fingerprint density at radius 1 is 1.27 bits per heavy atom. The Hall–Kier alpha value is -2.10. The average Bonchev–Trinajstić information content (AvgIpc) is 2.56. The van der Waals surface area contributed by atoms with E-state index in [-0.39, 0.29) is 0 Å². The summed E-state index contributed by atoms with van der Waals surface area (Å²) in [5.41, 5.74) is 2.37. The Balaban J connectivity index is 1.94. The molecule has 1 aromatic carbocycles. The van der Waals surface area contributed by atoms with Gasteiger partial charge in [-0.2, -0.15) is 0 Å². The summed E-state index contributed by atoms with van der Waals surface area (Å²) in [5, 5.41) is 4.64. The summed E-state index contributed by atoms with van der Waals surface area (Å²) in [6.07, 6.45) is 5.18. The molecule has 118 valence electrons. The Labute approximate surface area is 133 Å². The number of aliphatic imine (C=N–C) groups is 1. The molecule has 1 heterocycles. The van der Waals surface area contributed by atoms with Crippen molar-refractivity contribution in [2.75, 3.05) is 27.2 Å². The first-order valence-electron chi connectivity index (χ1n) is 8.00. The van der Waals surface area contributed by atoms with Crippen molar-refractivity contribution in [3.63, 3.8) is 0 Å². The third-order valence-electron chi connectivity index (χ3n) is 3.81. The molecule has 2 aromatic rings. The van der Waals surface area contributed by atoms with E-state index in [1.165, 1.54) is 23.8 Å². The van der Waals surface area contributed by atoms with Crippen LogP contribution >= 0.6 is 0 Å². The van der Waals surface area contributed by atoms with Crippen LogP contribution in [0, 0.1) is 0 Å². The lowest BCUT2D eigenvalue weighted by molar-refractivity contribution is 0.465. The normalized spacial score (nSPS) is 11.7. The number of guanidine groups is 1. The van der Waals surface area contributed by atoms with Crippen molar-refractivity contribution < 1.29 is 0 Å². The molecule has 0 spiro atoms. The SMILES string of the molecule is CCCCN(C)C(=NC)NCCc1cccc2cccnc12. The van der Waals surface area contributed by atoms with E-state index in [0.29, 0.717) is 0 Å². The molecule has 1 N–H and O–H groups in total. The van der Waals surface area contributed by atoms with Gasteiger partial charge < -0.3 is 10.2 Å². The molecule has 22 heavy (non-hydrogen) atoms. The molecule has 0 radical (unpaired) electrons. The van der Waals surface area contributed by atoms with Crippen LogP contribution in [0.25, 0.3) is 10.9 Å². The third-order valence-corrected chi connectivity index (χ3v) is 3.81. The third kappa shape index (κ3) is 4.20. The van der Waals surface area contributed by atoms with Gasteiger partial charge in [-0.05, 0) is 24.5 Å². The summed E-state index contributed by atoms with van der Waals surface area (Å²) in [7, 11) is 3.93. The summed E-state index contributed by atoms with van der Waals surface area (Å²) < 4.78 is 0. The summed E-state index contributed by atoms with van der Waals surface area (Å²) >= 11 is 0. The number of aromatic nitrogens is 1. The Morgan fingerprint density at radius 2 is 2.09 bits per heavy atom. The quantitative estimate of drug-likeness (QED) is 0.658. The lowest BCUT2D eigenvalue weighted by Gasteiger charge is -2.21. The highest BCUT2D eigenvalue weighted by Gasteiger charge is 2.06. The molecule has 0 unspecified atom stereocenters. The smallest absolute Gasteiger partial charge is 0.193 e. The maximum Gasteiger partial charge on any atom is 0.193 e. The fraction of sp³-hybridized carbons (Fsp3) is 0.444. The first kappa shape index (κ1) is 16.3. The molecule has 0 saturated carbocycles. The van der Waals surface area contributed by atoms with Crippen LogP contribution in [0.1, 0.15) is 25.3 Å². The van der Waals surface area contributed by atoms with E-state index in [9.17, 15) is 0 Å². The molecule has 4 heteroatoms. The number of pyridine rings is 1. The minimum Gasteiger partial charge on any atom is -0.356 e. The summed E-state index contributed by atoms with van der Waals surface area (Å²) in [5.74, 6) is 0.960. The zero-order valence-corrected chi connectivity index (χ0v) is 13.8. The van der Waals surface area contributed by atoms with Gasteiger partial charge in [0.15, 0.2) is 5.96 Å². The number of nitrogens with one attached hydrogen (secondary N) is 1. The van der Waals surface area contributed by atoms with E-state index in [4.69, 9.17) is 0 Å². The predicted octanol–water partition coefficient (Wildman–Crippen LogP) is 3.08. The number of hydrogen-bond acceptors (Lipinski definition) is 2. The number of unbranched alkanes of at least 4 members (excludes halogenated alkanes) is 1. The summed E-state index contributed by atoms with van der Waals surface area (Å²) in [6, 6.07) is 10.4. The lowest BCUT2D eigenvalue weighted by Crippen LogP contribution is -2.40. The molecule has 0 aliphatic heterocycles. The first-order valence-corrected chi connectivity index (χ1v) is 8.00. The number of hydrogen-bond donors (Lipinski definition) is 1. The first-order chi connectivity index (χ1) is 10.8. The topological polar surface area (TPSA) is 40.5 Å². The van der Waals surface area contributed by atoms with Crippen molar-refractivity contribution >= 4 is 16.9 Å². The van der Waals surface area contributed by atoms with Crippen LogP contribution in [0.5, 0.6) is 0 Å². The van der Waals surface area contributed by atoms with Gasteiger partial charge in [-0.1, -0.05) is 37.6 Å². The summed E-state index contributed by atoms with van der Waals surface area (Å²) in [6.45, 7) is 4.10. The van der Waals surface area contributed by atoms with Gasteiger partial charge in [-0.3, -0.25) is 9.98 Å². The van der Waals surface area contributed by atoms with Gasteiger partial charge in [0.2, 0.25) is 0 Å². The molecule has 2 rings (SSSR count). The van der Waals surface area contributed by atoms with Crippen molar-refractivity contribution in [3.8, 4) is 0 Å². The second kappa shape index (κ2) is 8.37. The van der Waals surface area contributed by atoms with Crippen LogP contribution < -0.4 is 5.32 Å². The van der Waals surface area contributed by atoms with Crippen LogP contribution in [-0.4, -0.2) is 43.0 Å². The van der Waals surface area contributed by atoms with E-state index >= 15 is 0 Å². The maximum atomic E-state index is 4.51. The molecule has 0 amide bonds. The molecule has 0 bridgehead atoms. The van der Waals surface area contributed by atoms with Gasteiger partial charge in [0, 0.05) is 38.8 Å². The van der Waals surface area contributed by atoms with Crippen LogP contribution in [0.3, 0.4) is 0 Å². The molecule has 0 atom stereocenters. The molecule has 4 nitrogen and oxygen atoms in total. The van der Waals surface area contributed by atoms with Gasteiger partial charge in [0.25, 0.3) is 0 Å². The van der Waals surface area contributed by atoms with Gasteiger partial charge >= 0.3 is 0 Å². The number of rotatable bonds is 6. The monoisotopic (exact) mass is 298 g/mol. The molecule has 0 fully saturated rings. The highest BCUT2D eigenvalue weighted by atomic mass is 15.3.